The van der Waals surface area contributed by atoms with E-state index in [0.717, 1.165) is 45.1 Å². The first-order chi connectivity index (χ1) is 7.21. The molecule has 0 amide bonds. The van der Waals surface area contributed by atoms with Crippen LogP contribution in [0.5, 0.6) is 0 Å². The molecule has 0 saturated carbocycles. The third-order valence-corrected chi connectivity index (χ3v) is 3.26. The van der Waals surface area contributed by atoms with Crippen LogP contribution in [0.4, 0.5) is 0 Å². The van der Waals surface area contributed by atoms with Gasteiger partial charge in [0.25, 0.3) is 0 Å². The van der Waals surface area contributed by atoms with Gasteiger partial charge in [-0.3, -0.25) is 4.79 Å². The molecule has 1 rings (SSSR count). The monoisotopic (exact) mass is 215 g/mol. The van der Waals surface area contributed by atoms with Crippen molar-refractivity contribution in [1.29, 1.82) is 0 Å². The molecular weight excluding hydrogens is 194 g/mol. The van der Waals surface area contributed by atoms with E-state index in [-0.39, 0.29) is 6.61 Å². The molecule has 4 nitrogen and oxygen atoms in total. The summed E-state index contributed by atoms with van der Waals surface area (Å²) in [5.41, 5.74) is -0.515. The van der Waals surface area contributed by atoms with Gasteiger partial charge in [0, 0.05) is 13.2 Å². The number of nitrogens with one attached hydrogen (secondary N) is 1. The fraction of sp³-hybridized carbons (Fsp3) is 0.909. The predicted molar refractivity (Wildman–Crippen MR) is 57.7 cm³/mol. The fourth-order valence-electron chi connectivity index (χ4n) is 2.18. The van der Waals surface area contributed by atoms with Gasteiger partial charge in [-0.25, -0.2) is 0 Å². The minimum absolute atomic E-state index is 0.242. The maximum absolute atomic E-state index is 11.2. The van der Waals surface area contributed by atoms with E-state index in [1.54, 1.807) is 0 Å². The number of rotatable bonds is 7. The highest BCUT2D eigenvalue weighted by Crippen LogP contribution is 2.32. The van der Waals surface area contributed by atoms with Crippen molar-refractivity contribution in [1.82, 2.24) is 5.32 Å². The summed E-state index contributed by atoms with van der Waals surface area (Å²) in [5.74, 6) is -0.658. The molecular formula is C11H21NO3. The van der Waals surface area contributed by atoms with Gasteiger partial charge in [-0.05, 0) is 25.8 Å². The van der Waals surface area contributed by atoms with Gasteiger partial charge in [0.05, 0.1) is 5.41 Å². The topological polar surface area (TPSA) is 69.6 Å². The number of aliphatic carboxylic acids is 1. The number of aliphatic hydroxyl groups excluding tert-OH is 1. The molecule has 15 heavy (non-hydrogen) atoms. The average molecular weight is 215 g/mol. The molecule has 0 bridgehead atoms. The summed E-state index contributed by atoms with van der Waals surface area (Å²) < 4.78 is 0. The van der Waals surface area contributed by atoms with Gasteiger partial charge >= 0.3 is 5.97 Å². The van der Waals surface area contributed by atoms with Crippen molar-refractivity contribution in [2.45, 2.75) is 38.5 Å². The zero-order chi connectivity index (χ0) is 11.1. The molecule has 1 aliphatic heterocycles. The molecule has 0 spiro atoms. The minimum atomic E-state index is -0.658. The standard InChI is InChI=1S/C11H21NO3/c13-8-4-2-1-3-5-11(10(14)15)6-7-12-9-11/h12-13H,1-9H2,(H,14,15). The second-order valence-electron chi connectivity index (χ2n) is 4.40. The van der Waals surface area contributed by atoms with Gasteiger partial charge < -0.3 is 15.5 Å². The second kappa shape index (κ2) is 6.08. The van der Waals surface area contributed by atoms with E-state index in [4.69, 9.17) is 5.11 Å². The summed E-state index contributed by atoms with van der Waals surface area (Å²) in [7, 11) is 0. The van der Waals surface area contributed by atoms with Crippen LogP contribution in [0, 0.1) is 5.41 Å². The molecule has 1 saturated heterocycles. The largest absolute Gasteiger partial charge is 0.481 e. The first-order valence-electron chi connectivity index (χ1n) is 5.76. The van der Waals surface area contributed by atoms with E-state index in [2.05, 4.69) is 5.32 Å². The lowest BCUT2D eigenvalue weighted by Crippen LogP contribution is -2.33. The molecule has 0 radical (unpaired) electrons. The Labute approximate surface area is 90.7 Å². The van der Waals surface area contributed by atoms with Gasteiger partial charge in [-0.15, -0.1) is 0 Å². The molecule has 88 valence electrons. The Hall–Kier alpha value is -0.610. The number of hydrogen-bond donors (Lipinski definition) is 3. The van der Waals surface area contributed by atoms with E-state index in [1.165, 1.54) is 0 Å². The van der Waals surface area contributed by atoms with E-state index < -0.39 is 11.4 Å². The molecule has 4 heteroatoms. The Morgan fingerprint density at radius 1 is 1.27 bits per heavy atom. The quantitative estimate of drug-likeness (QED) is 0.554. The molecule has 1 atom stereocenters. The molecule has 3 N–H and O–H groups in total. The van der Waals surface area contributed by atoms with Crippen LogP contribution in [0.3, 0.4) is 0 Å². The van der Waals surface area contributed by atoms with Crippen molar-refractivity contribution in [3.8, 4) is 0 Å². The van der Waals surface area contributed by atoms with Crippen LogP contribution in [0.1, 0.15) is 38.5 Å². The Balaban J connectivity index is 2.24. The van der Waals surface area contributed by atoms with Crippen molar-refractivity contribution in [2.75, 3.05) is 19.7 Å². The van der Waals surface area contributed by atoms with Gasteiger partial charge in [-0.2, -0.15) is 0 Å². The van der Waals surface area contributed by atoms with Crippen molar-refractivity contribution < 1.29 is 15.0 Å². The smallest absolute Gasteiger partial charge is 0.310 e. The first kappa shape index (κ1) is 12.5. The Bertz CT molecular complexity index is 200. The number of hydrogen-bond acceptors (Lipinski definition) is 3. The zero-order valence-electron chi connectivity index (χ0n) is 9.17. The number of carboxylic acid groups (broad SMARTS) is 1. The third-order valence-electron chi connectivity index (χ3n) is 3.26. The highest BCUT2D eigenvalue weighted by molar-refractivity contribution is 5.75. The maximum atomic E-state index is 11.2. The van der Waals surface area contributed by atoms with E-state index >= 15 is 0 Å². The van der Waals surface area contributed by atoms with Crippen LogP contribution in [-0.2, 0) is 4.79 Å². The summed E-state index contributed by atoms with van der Waals surface area (Å²) in [4.78, 5) is 11.2. The molecule has 0 aromatic heterocycles. The fourth-order valence-corrected chi connectivity index (χ4v) is 2.18. The highest BCUT2D eigenvalue weighted by Gasteiger charge is 2.40. The molecule has 0 aromatic carbocycles. The molecule has 1 unspecified atom stereocenters. The molecule has 0 aliphatic carbocycles. The van der Waals surface area contributed by atoms with Crippen LogP contribution in [0.15, 0.2) is 0 Å². The molecule has 1 fully saturated rings. The van der Waals surface area contributed by atoms with Crippen LogP contribution in [-0.4, -0.2) is 35.9 Å². The number of carboxylic acids is 1. The Morgan fingerprint density at radius 2 is 2.00 bits per heavy atom. The van der Waals surface area contributed by atoms with Gasteiger partial charge in [-0.1, -0.05) is 19.3 Å². The summed E-state index contributed by atoms with van der Waals surface area (Å²) in [6.07, 6.45) is 5.32. The lowest BCUT2D eigenvalue weighted by atomic mass is 9.82. The lowest BCUT2D eigenvalue weighted by Gasteiger charge is -2.22. The van der Waals surface area contributed by atoms with Crippen molar-refractivity contribution >= 4 is 5.97 Å². The van der Waals surface area contributed by atoms with E-state index in [9.17, 15) is 9.90 Å². The predicted octanol–water partition coefficient (Wildman–Crippen LogP) is 0.994. The SMILES string of the molecule is O=C(O)C1(CCCCCCO)CCNC1. The highest BCUT2D eigenvalue weighted by atomic mass is 16.4. The van der Waals surface area contributed by atoms with Crippen molar-refractivity contribution in [2.24, 2.45) is 5.41 Å². The summed E-state index contributed by atoms with van der Waals surface area (Å²) in [6, 6.07) is 0. The Morgan fingerprint density at radius 3 is 2.53 bits per heavy atom. The van der Waals surface area contributed by atoms with Crippen LogP contribution >= 0.6 is 0 Å². The third kappa shape index (κ3) is 3.47. The van der Waals surface area contributed by atoms with Gasteiger partial charge in [0.15, 0.2) is 0 Å². The summed E-state index contributed by atoms with van der Waals surface area (Å²) in [5, 5.41) is 20.9. The zero-order valence-corrected chi connectivity index (χ0v) is 9.17. The van der Waals surface area contributed by atoms with Gasteiger partial charge in [0.1, 0.15) is 0 Å². The van der Waals surface area contributed by atoms with Crippen molar-refractivity contribution in [3.05, 3.63) is 0 Å². The van der Waals surface area contributed by atoms with Crippen LogP contribution < -0.4 is 5.32 Å². The van der Waals surface area contributed by atoms with Crippen LogP contribution in [0.2, 0.25) is 0 Å². The second-order valence-corrected chi connectivity index (χ2v) is 4.40. The normalized spacial score (nSPS) is 25.7. The molecule has 0 aromatic rings. The van der Waals surface area contributed by atoms with E-state index in [1.807, 2.05) is 0 Å². The summed E-state index contributed by atoms with van der Waals surface area (Å²) in [6.45, 7) is 1.68. The average Bonchev–Trinajstić information content (AvgIpc) is 2.67. The number of carbonyl (C=O) groups is 1. The molecule has 1 heterocycles. The number of unbranched alkanes of at least 4 members (excludes halogenated alkanes) is 3. The number of aliphatic hydroxyl groups is 1. The van der Waals surface area contributed by atoms with E-state index in [0.29, 0.717) is 6.54 Å². The van der Waals surface area contributed by atoms with Crippen LogP contribution in [0.25, 0.3) is 0 Å². The van der Waals surface area contributed by atoms with Crippen molar-refractivity contribution in [3.63, 3.8) is 0 Å². The maximum Gasteiger partial charge on any atom is 0.310 e. The molecule has 1 aliphatic rings. The minimum Gasteiger partial charge on any atom is -0.481 e. The Kier molecular flexibility index (Phi) is 5.05. The lowest BCUT2D eigenvalue weighted by molar-refractivity contribution is -0.148. The first-order valence-corrected chi connectivity index (χ1v) is 5.76. The summed E-state index contributed by atoms with van der Waals surface area (Å²) >= 11 is 0. The van der Waals surface area contributed by atoms with Gasteiger partial charge in [0.2, 0.25) is 0 Å².